The number of amides is 1. The summed E-state index contributed by atoms with van der Waals surface area (Å²) in [5, 5.41) is 3.76. The summed E-state index contributed by atoms with van der Waals surface area (Å²) in [6.07, 6.45) is 4.00. The molecule has 3 aromatic rings. The van der Waals surface area contributed by atoms with E-state index in [0.29, 0.717) is 5.02 Å². The van der Waals surface area contributed by atoms with Crippen LogP contribution in [0.2, 0.25) is 5.02 Å². The quantitative estimate of drug-likeness (QED) is 0.721. The van der Waals surface area contributed by atoms with E-state index in [4.69, 9.17) is 11.6 Å². The van der Waals surface area contributed by atoms with Crippen LogP contribution in [-0.2, 0) is 17.8 Å². The molecule has 0 atom stereocenters. The second-order valence-electron chi connectivity index (χ2n) is 5.87. The van der Waals surface area contributed by atoms with E-state index in [1.165, 1.54) is 0 Å². The first-order chi connectivity index (χ1) is 12.1. The normalized spacial score (nSPS) is 10.7. The summed E-state index contributed by atoms with van der Waals surface area (Å²) in [6.45, 7) is 4.87. The molecule has 3 rings (SSSR count). The van der Waals surface area contributed by atoms with Crippen LogP contribution in [0.15, 0.2) is 54.9 Å². The molecule has 0 spiro atoms. The van der Waals surface area contributed by atoms with Crippen LogP contribution < -0.4 is 5.32 Å². The van der Waals surface area contributed by atoms with Crippen LogP contribution in [0.5, 0.6) is 0 Å². The van der Waals surface area contributed by atoms with Gasteiger partial charge in [-0.05, 0) is 49.2 Å². The molecule has 4 nitrogen and oxygen atoms in total. The van der Waals surface area contributed by atoms with Crippen molar-refractivity contribution in [1.82, 2.24) is 9.55 Å². The highest BCUT2D eigenvalue weighted by Crippen LogP contribution is 2.34. The topological polar surface area (TPSA) is 46.9 Å². The van der Waals surface area contributed by atoms with Crippen LogP contribution in [0.4, 0.5) is 5.82 Å². The van der Waals surface area contributed by atoms with Gasteiger partial charge in [-0.1, -0.05) is 29.8 Å². The summed E-state index contributed by atoms with van der Waals surface area (Å²) >= 11 is 6.00. The summed E-state index contributed by atoms with van der Waals surface area (Å²) in [4.78, 5) is 16.7. The van der Waals surface area contributed by atoms with Gasteiger partial charge in [0.25, 0.3) is 0 Å². The second-order valence-corrected chi connectivity index (χ2v) is 6.31. The molecule has 0 aliphatic carbocycles. The third kappa shape index (κ3) is 3.91. The molecule has 25 heavy (non-hydrogen) atoms. The molecule has 0 radical (unpaired) electrons. The van der Waals surface area contributed by atoms with Gasteiger partial charge in [-0.2, -0.15) is 0 Å². The number of nitrogens with one attached hydrogen (secondary N) is 1. The number of nitrogens with zero attached hydrogens (tertiary/aromatic N) is 2. The minimum atomic E-state index is -0.0817. The third-order valence-electron chi connectivity index (χ3n) is 4.07. The van der Waals surface area contributed by atoms with Crippen LogP contribution in [-0.4, -0.2) is 15.5 Å². The lowest BCUT2D eigenvalue weighted by molar-refractivity contribution is -0.115. The van der Waals surface area contributed by atoms with Gasteiger partial charge in [0.1, 0.15) is 5.82 Å². The van der Waals surface area contributed by atoms with Crippen molar-refractivity contribution in [2.45, 2.75) is 26.8 Å². The monoisotopic (exact) mass is 353 g/mol. The van der Waals surface area contributed by atoms with Crippen molar-refractivity contribution in [2.24, 2.45) is 0 Å². The highest BCUT2D eigenvalue weighted by atomic mass is 35.5. The highest BCUT2D eigenvalue weighted by Gasteiger charge is 2.17. The molecule has 0 bridgehead atoms. The number of hydrogen-bond donors (Lipinski definition) is 1. The van der Waals surface area contributed by atoms with E-state index in [1.807, 2.05) is 49.4 Å². The van der Waals surface area contributed by atoms with Crippen molar-refractivity contribution < 1.29 is 4.79 Å². The molecule has 5 heteroatoms. The van der Waals surface area contributed by atoms with Gasteiger partial charge < -0.3 is 9.88 Å². The summed E-state index contributed by atoms with van der Waals surface area (Å²) in [6, 6.07) is 13.2. The average molecular weight is 354 g/mol. The Morgan fingerprint density at radius 2 is 1.96 bits per heavy atom. The lowest BCUT2D eigenvalue weighted by Gasteiger charge is -2.12. The van der Waals surface area contributed by atoms with Crippen LogP contribution in [0, 0.1) is 6.92 Å². The number of anilines is 1. The molecule has 1 amide bonds. The van der Waals surface area contributed by atoms with E-state index >= 15 is 0 Å². The van der Waals surface area contributed by atoms with Crippen LogP contribution in [0.1, 0.15) is 18.2 Å². The summed E-state index contributed by atoms with van der Waals surface area (Å²) < 4.78 is 2.05. The summed E-state index contributed by atoms with van der Waals surface area (Å²) in [5.41, 5.74) is 3.91. The molecule has 0 fully saturated rings. The Hall–Kier alpha value is -2.59. The Labute approximate surface area is 152 Å². The van der Waals surface area contributed by atoms with Crippen molar-refractivity contribution in [3.63, 3.8) is 0 Å². The van der Waals surface area contributed by atoms with Crippen molar-refractivity contribution in [2.75, 3.05) is 5.32 Å². The fraction of sp³-hybridized carbons (Fsp3) is 0.200. The first-order valence-electron chi connectivity index (χ1n) is 8.24. The Morgan fingerprint density at radius 1 is 1.20 bits per heavy atom. The molecule has 128 valence electrons. The van der Waals surface area contributed by atoms with Gasteiger partial charge in [-0.3, -0.25) is 9.78 Å². The second kappa shape index (κ2) is 7.53. The smallest absolute Gasteiger partial charge is 0.231 e. The Balaban J connectivity index is 1.92. The maximum atomic E-state index is 12.5. The van der Waals surface area contributed by atoms with E-state index in [0.717, 1.165) is 34.7 Å². The zero-order chi connectivity index (χ0) is 17.8. The first kappa shape index (κ1) is 17.2. The number of aryl methyl sites for hydroxylation is 2. The Bertz CT molecular complexity index is 870. The number of benzene rings is 1. The van der Waals surface area contributed by atoms with Crippen LogP contribution in [0.25, 0.3) is 11.1 Å². The maximum Gasteiger partial charge on any atom is 0.231 e. The fourth-order valence-electron chi connectivity index (χ4n) is 2.90. The molecule has 2 aromatic heterocycles. The maximum absolute atomic E-state index is 12.5. The van der Waals surface area contributed by atoms with E-state index in [9.17, 15) is 4.79 Å². The molecular formula is C20H20ClN3O. The number of rotatable bonds is 5. The Kier molecular flexibility index (Phi) is 5.19. The number of carbonyl (C=O) groups excluding carboxylic acids is 1. The molecule has 0 saturated carbocycles. The molecule has 2 heterocycles. The summed E-state index contributed by atoms with van der Waals surface area (Å²) in [7, 11) is 0. The van der Waals surface area contributed by atoms with E-state index in [-0.39, 0.29) is 12.3 Å². The number of carbonyl (C=O) groups is 1. The largest absolute Gasteiger partial charge is 0.334 e. The number of halogens is 1. The van der Waals surface area contributed by atoms with Crippen LogP contribution >= 0.6 is 11.6 Å². The predicted octanol–water partition coefficient (Wildman–Crippen LogP) is 4.71. The third-order valence-corrected chi connectivity index (χ3v) is 4.32. The Morgan fingerprint density at radius 3 is 2.60 bits per heavy atom. The van der Waals surface area contributed by atoms with Crippen molar-refractivity contribution >= 4 is 23.3 Å². The van der Waals surface area contributed by atoms with Gasteiger partial charge in [0.05, 0.1) is 6.42 Å². The van der Waals surface area contributed by atoms with E-state index < -0.39 is 0 Å². The van der Waals surface area contributed by atoms with E-state index in [1.54, 1.807) is 6.20 Å². The molecule has 0 aliphatic heterocycles. The van der Waals surface area contributed by atoms with Crippen molar-refractivity contribution in [3.05, 3.63) is 71.1 Å². The van der Waals surface area contributed by atoms with E-state index in [2.05, 4.69) is 28.0 Å². The van der Waals surface area contributed by atoms with Gasteiger partial charge in [-0.15, -0.1) is 0 Å². The van der Waals surface area contributed by atoms with Crippen molar-refractivity contribution in [1.29, 1.82) is 0 Å². The SMILES string of the molecule is CCn1cc(C)c(-c2ccc(Cl)cc2)c1NC(=O)Cc1ccccn1. The molecule has 0 aliphatic rings. The van der Waals surface area contributed by atoms with Crippen LogP contribution in [0.3, 0.4) is 0 Å². The lowest BCUT2D eigenvalue weighted by Crippen LogP contribution is -2.18. The minimum Gasteiger partial charge on any atom is -0.334 e. The van der Waals surface area contributed by atoms with Gasteiger partial charge in [0.2, 0.25) is 5.91 Å². The van der Waals surface area contributed by atoms with Gasteiger partial charge in [0.15, 0.2) is 0 Å². The zero-order valence-electron chi connectivity index (χ0n) is 14.3. The minimum absolute atomic E-state index is 0.0817. The predicted molar refractivity (Wildman–Crippen MR) is 102 cm³/mol. The number of hydrogen-bond acceptors (Lipinski definition) is 2. The average Bonchev–Trinajstić information content (AvgIpc) is 2.92. The first-order valence-corrected chi connectivity index (χ1v) is 8.61. The van der Waals surface area contributed by atoms with Gasteiger partial charge >= 0.3 is 0 Å². The highest BCUT2D eigenvalue weighted by molar-refractivity contribution is 6.30. The zero-order valence-corrected chi connectivity index (χ0v) is 15.0. The molecule has 1 N–H and O–H groups in total. The molecule has 1 aromatic carbocycles. The standard InChI is InChI=1S/C20H20ClN3O/c1-3-24-13-14(2)19(15-7-9-16(21)10-8-15)20(24)23-18(25)12-17-6-4-5-11-22-17/h4-11,13H,3,12H2,1-2H3,(H,23,25). The molecular weight excluding hydrogens is 334 g/mol. The fourth-order valence-corrected chi connectivity index (χ4v) is 3.03. The summed E-state index contributed by atoms with van der Waals surface area (Å²) in [5.74, 6) is 0.727. The lowest BCUT2D eigenvalue weighted by atomic mass is 10.0. The van der Waals surface area contributed by atoms with Crippen molar-refractivity contribution in [3.8, 4) is 11.1 Å². The molecule has 0 unspecified atom stereocenters. The molecule has 0 saturated heterocycles. The van der Waals surface area contributed by atoms with Gasteiger partial charge in [0, 0.05) is 35.2 Å². The number of aromatic nitrogens is 2. The number of pyridine rings is 1. The van der Waals surface area contributed by atoms with Gasteiger partial charge in [-0.25, -0.2) is 0 Å².